The van der Waals surface area contributed by atoms with Crippen LogP contribution in [0.4, 0.5) is 16.2 Å². The van der Waals surface area contributed by atoms with E-state index in [2.05, 4.69) is 10.0 Å². The van der Waals surface area contributed by atoms with Crippen molar-refractivity contribution < 1.29 is 32.6 Å². The topological polar surface area (TPSA) is 138 Å². The lowest BCUT2D eigenvalue weighted by Crippen LogP contribution is -2.50. The van der Waals surface area contributed by atoms with Gasteiger partial charge in [-0.25, -0.2) is 13.2 Å². The van der Waals surface area contributed by atoms with Crippen molar-refractivity contribution in [1.82, 2.24) is 9.80 Å². The molecule has 0 saturated heterocycles. The number of amides is 3. The molecule has 0 fully saturated rings. The number of hydrogen-bond donors (Lipinski definition) is 3. The molecule has 224 valence electrons. The van der Waals surface area contributed by atoms with Gasteiger partial charge in [0.1, 0.15) is 11.9 Å². The summed E-state index contributed by atoms with van der Waals surface area (Å²) in [6, 6.07) is 18.5. The second-order valence-electron chi connectivity index (χ2n) is 10.3. The number of para-hydroxylation sites is 1. The van der Waals surface area contributed by atoms with E-state index in [0.29, 0.717) is 11.4 Å². The standard InChI is InChI=1S/C30H36N4O7S/c1-20-17-34(21(2)19-35)29(36)25-11-8-12-26(32-42(38,39)24-9-6-5-7-10-24)28(25)41-27(20)18-33(3)30(37)31-22-13-15-23(40-4)16-14-22/h5-16,20-21,27,32,35H,17-19H2,1-4H3,(H,31,37)/t20-,21+,27-/m0/s1. The van der Waals surface area contributed by atoms with Crippen LogP contribution in [0.25, 0.3) is 0 Å². The van der Waals surface area contributed by atoms with E-state index in [9.17, 15) is 23.1 Å². The van der Waals surface area contributed by atoms with Crippen LogP contribution in [0.2, 0.25) is 0 Å². The number of aliphatic hydroxyl groups excluding tert-OH is 1. The maximum Gasteiger partial charge on any atom is 0.321 e. The Hall–Kier alpha value is -4.29. The van der Waals surface area contributed by atoms with Gasteiger partial charge in [0.05, 0.1) is 42.4 Å². The molecule has 0 aliphatic carbocycles. The van der Waals surface area contributed by atoms with Crippen LogP contribution in [-0.4, -0.2) is 81.3 Å². The average molecular weight is 597 g/mol. The molecular formula is C30H36N4O7S. The number of aliphatic hydroxyl groups is 1. The molecule has 0 unspecified atom stereocenters. The number of rotatable bonds is 9. The zero-order chi connectivity index (χ0) is 30.4. The number of nitrogens with zero attached hydrogens (tertiary/aromatic N) is 2. The summed E-state index contributed by atoms with van der Waals surface area (Å²) in [5.41, 5.74) is 0.812. The van der Waals surface area contributed by atoms with Gasteiger partial charge in [0, 0.05) is 25.2 Å². The van der Waals surface area contributed by atoms with Crippen molar-refractivity contribution >= 4 is 33.3 Å². The van der Waals surface area contributed by atoms with Crippen molar-refractivity contribution in [3.63, 3.8) is 0 Å². The maximum atomic E-state index is 13.7. The first-order chi connectivity index (χ1) is 20.0. The highest BCUT2D eigenvalue weighted by Crippen LogP contribution is 2.36. The molecule has 0 bridgehead atoms. The van der Waals surface area contributed by atoms with Gasteiger partial charge in [0.15, 0.2) is 5.75 Å². The Morgan fingerprint density at radius 1 is 1.12 bits per heavy atom. The molecule has 3 aromatic rings. The molecule has 0 radical (unpaired) electrons. The fraction of sp³-hybridized carbons (Fsp3) is 0.333. The number of fused-ring (bicyclic) bond motifs is 1. The number of hydrogen-bond acceptors (Lipinski definition) is 7. The van der Waals surface area contributed by atoms with Crippen LogP contribution in [0.15, 0.2) is 77.7 Å². The molecule has 3 aromatic carbocycles. The number of carbonyl (C=O) groups is 2. The molecule has 0 saturated carbocycles. The lowest BCUT2D eigenvalue weighted by atomic mass is 9.99. The van der Waals surface area contributed by atoms with E-state index in [-0.39, 0.29) is 53.5 Å². The largest absolute Gasteiger partial charge is 0.497 e. The van der Waals surface area contributed by atoms with Crippen LogP contribution in [0.5, 0.6) is 11.5 Å². The van der Waals surface area contributed by atoms with E-state index in [0.717, 1.165) is 0 Å². The Labute approximate surface area is 246 Å². The first-order valence-corrected chi connectivity index (χ1v) is 15.0. The summed E-state index contributed by atoms with van der Waals surface area (Å²) in [5.74, 6) is 0.0126. The normalized spacial score (nSPS) is 17.6. The van der Waals surface area contributed by atoms with Crippen LogP contribution in [0.1, 0.15) is 24.2 Å². The summed E-state index contributed by atoms with van der Waals surface area (Å²) in [7, 11) is -0.823. The van der Waals surface area contributed by atoms with Gasteiger partial charge in [-0.05, 0) is 55.5 Å². The monoisotopic (exact) mass is 596 g/mol. The number of ether oxygens (including phenoxy) is 2. The summed E-state index contributed by atoms with van der Waals surface area (Å²) >= 11 is 0. The van der Waals surface area contributed by atoms with Crippen molar-refractivity contribution in [1.29, 1.82) is 0 Å². The molecule has 12 heteroatoms. The Bertz CT molecular complexity index is 1500. The number of sulfonamides is 1. The number of benzene rings is 3. The van der Waals surface area contributed by atoms with Crippen molar-refractivity contribution in [2.75, 3.05) is 43.9 Å². The second kappa shape index (κ2) is 13.1. The maximum absolute atomic E-state index is 13.7. The molecule has 1 aliphatic heterocycles. The van der Waals surface area contributed by atoms with Gasteiger partial charge in [0.25, 0.3) is 15.9 Å². The molecule has 0 spiro atoms. The second-order valence-corrected chi connectivity index (χ2v) is 11.9. The van der Waals surface area contributed by atoms with Crippen LogP contribution in [0.3, 0.4) is 0 Å². The highest BCUT2D eigenvalue weighted by Gasteiger charge is 2.35. The van der Waals surface area contributed by atoms with Gasteiger partial charge < -0.3 is 29.7 Å². The Kier molecular flexibility index (Phi) is 9.59. The smallest absolute Gasteiger partial charge is 0.321 e. The Balaban J connectivity index is 1.66. The summed E-state index contributed by atoms with van der Waals surface area (Å²) < 4.78 is 40.6. The highest BCUT2D eigenvalue weighted by atomic mass is 32.2. The van der Waals surface area contributed by atoms with Crippen LogP contribution >= 0.6 is 0 Å². The molecule has 0 aromatic heterocycles. The predicted molar refractivity (Wildman–Crippen MR) is 159 cm³/mol. The van der Waals surface area contributed by atoms with E-state index in [4.69, 9.17) is 9.47 Å². The highest BCUT2D eigenvalue weighted by molar-refractivity contribution is 7.92. The number of methoxy groups -OCH3 is 1. The first kappa shape index (κ1) is 30.7. The number of urea groups is 1. The average Bonchev–Trinajstić information content (AvgIpc) is 2.99. The Morgan fingerprint density at radius 2 is 1.81 bits per heavy atom. The van der Waals surface area contributed by atoms with Crippen molar-refractivity contribution in [2.45, 2.75) is 30.9 Å². The molecule has 42 heavy (non-hydrogen) atoms. The quantitative estimate of drug-likeness (QED) is 0.341. The minimum atomic E-state index is -4.01. The third-order valence-corrected chi connectivity index (χ3v) is 8.51. The summed E-state index contributed by atoms with van der Waals surface area (Å²) in [6.45, 7) is 3.73. The Morgan fingerprint density at radius 3 is 2.45 bits per heavy atom. The number of likely N-dealkylation sites (N-methyl/N-ethyl adjacent to an activating group) is 1. The van der Waals surface area contributed by atoms with E-state index < -0.39 is 28.1 Å². The molecule has 1 aliphatic rings. The lowest BCUT2D eigenvalue weighted by Gasteiger charge is -2.38. The summed E-state index contributed by atoms with van der Waals surface area (Å²) in [5, 5.41) is 12.7. The minimum absolute atomic E-state index is 0.0511. The van der Waals surface area contributed by atoms with E-state index in [1.165, 1.54) is 23.1 Å². The van der Waals surface area contributed by atoms with Gasteiger partial charge in [-0.3, -0.25) is 9.52 Å². The third kappa shape index (κ3) is 6.94. The van der Waals surface area contributed by atoms with Crippen molar-refractivity contribution in [3.05, 3.63) is 78.4 Å². The molecule has 3 N–H and O–H groups in total. The fourth-order valence-electron chi connectivity index (χ4n) is 4.59. The van der Waals surface area contributed by atoms with Crippen LogP contribution in [-0.2, 0) is 10.0 Å². The number of anilines is 2. The van der Waals surface area contributed by atoms with Crippen LogP contribution in [0, 0.1) is 5.92 Å². The first-order valence-electron chi connectivity index (χ1n) is 13.5. The molecular weight excluding hydrogens is 560 g/mol. The van der Waals surface area contributed by atoms with E-state index in [1.807, 2.05) is 6.92 Å². The van der Waals surface area contributed by atoms with Gasteiger partial charge in [-0.15, -0.1) is 0 Å². The minimum Gasteiger partial charge on any atom is -0.497 e. The van der Waals surface area contributed by atoms with Gasteiger partial charge in [-0.1, -0.05) is 31.2 Å². The SMILES string of the molecule is COc1ccc(NC(=O)N(C)C[C@@H]2Oc3c(NS(=O)(=O)c4ccccc4)cccc3C(=O)N([C@H](C)CO)C[C@@H]2C)cc1. The predicted octanol–water partition coefficient (Wildman–Crippen LogP) is 3.88. The fourth-order valence-corrected chi connectivity index (χ4v) is 5.67. The molecule has 3 atom stereocenters. The molecule has 3 amide bonds. The third-order valence-electron chi connectivity index (χ3n) is 7.13. The molecule has 1 heterocycles. The van der Waals surface area contributed by atoms with Gasteiger partial charge in [0.2, 0.25) is 0 Å². The number of carbonyl (C=O) groups excluding carboxylic acids is 2. The zero-order valence-corrected chi connectivity index (χ0v) is 24.8. The molecule has 11 nitrogen and oxygen atoms in total. The van der Waals surface area contributed by atoms with E-state index >= 15 is 0 Å². The molecule has 4 rings (SSSR count). The van der Waals surface area contributed by atoms with Crippen molar-refractivity contribution in [3.8, 4) is 11.5 Å². The van der Waals surface area contributed by atoms with Gasteiger partial charge in [-0.2, -0.15) is 0 Å². The summed E-state index contributed by atoms with van der Waals surface area (Å²) in [4.78, 5) is 29.8. The van der Waals surface area contributed by atoms with E-state index in [1.54, 1.807) is 80.6 Å². The van der Waals surface area contributed by atoms with Crippen molar-refractivity contribution in [2.24, 2.45) is 5.92 Å². The zero-order valence-electron chi connectivity index (χ0n) is 24.0. The van der Waals surface area contributed by atoms with Gasteiger partial charge >= 0.3 is 6.03 Å². The number of nitrogens with one attached hydrogen (secondary N) is 2. The lowest BCUT2D eigenvalue weighted by molar-refractivity contribution is 0.0373. The van der Waals surface area contributed by atoms with Crippen LogP contribution < -0.4 is 19.5 Å². The summed E-state index contributed by atoms with van der Waals surface area (Å²) in [6.07, 6.45) is -0.640.